The van der Waals surface area contributed by atoms with E-state index < -0.39 is 26.6 Å². The number of sulfonamides is 2. The number of ether oxygens (including phenoxy) is 1. The Hall–Kier alpha value is -1.95. The largest absolute Gasteiger partial charge is 0.496 e. The summed E-state index contributed by atoms with van der Waals surface area (Å²) in [4.78, 5) is -0.215. The highest BCUT2D eigenvalue weighted by Gasteiger charge is 2.37. The van der Waals surface area contributed by atoms with E-state index in [0.29, 0.717) is 15.0 Å². The quantitative estimate of drug-likeness (QED) is 0.423. The molecule has 0 atom stereocenters. The van der Waals surface area contributed by atoms with Gasteiger partial charge in [0.25, 0.3) is 20.0 Å². The maximum absolute atomic E-state index is 13.3. The van der Waals surface area contributed by atoms with Gasteiger partial charge in [0.05, 0.1) is 23.4 Å². The Morgan fingerprint density at radius 1 is 0.793 bits per heavy atom. The number of nitrogens with zero attached hydrogens (tertiary/aromatic N) is 1. The minimum Gasteiger partial charge on any atom is -0.496 e. The molecule has 6 nitrogen and oxygen atoms in total. The summed E-state index contributed by atoms with van der Waals surface area (Å²) in [5.41, 5.74) is 0.443. The van der Waals surface area contributed by atoms with Crippen molar-refractivity contribution in [3.05, 3.63) is 88.0 Å². The molecule has 3 aromatic rings. The van der Waals surface area contributed by atoms with Crippen molar-refractivity contribution in [2.24, 2.45) is 0 Å². The molecule has 0 spiro atoms. The molecular weight excluding hydrogens is 525 g/mol. The van der Waals surface area contributed by atoms with E-state index in [2.05, 4.69) is 22.6 Å². The topological polar surface area (TPSA) is 80.8 Å². The lowest BCUT2D eigenvalue weighted by Crippen LogP contribution is -2.36. The van der Waals surface area contributed by atoms with Gasteiger partial charge in [0.15, 0.2) is 0 Å². The summed E-state index contributed by atoms with van der Waals surface area (Å²) in [6, 6.07) is 20.2. The molecule has 0 aliphatic heterocycles. The molecule has 0 unspecified atom stereocenters. The second kappa shape index (κ2) is 8.82. The first-order valence-electron chi connectivity index (χ1n) is 8.47. The minimum absolute atomic E-state index is 0.107. The van der Waals surface area contributed by atoms with E-state index in [0.717, 1.165) is 3.57 Å². The van der Waals surface area contributed by atoms with Crippen molar-refractivity contribution >= 4 is 42.6 Å². The molecule has 0 aliphatic rings. The third-order valence-corrected chi connectivity index (χ3v) is 9.07. The Balaban J connectivity index is 2.19. The monoisotopic (exact) mass is 543 g/mol. The van der Waals surface area contributed by atoms with Crippen molar-refractivity contribution in [3.63, 3.8) is 0 Å². The van der Waals surface area contributed by atoms with Crippen LogP contribution in [-0.4, -0.2) is 27.7 Å². The molecule has 0 heterocycles. The second-order valence-electron chi connectivity index (χ2n) is 6.02. The summed E-state index contributed by atoms with van der Waals surface area (Å²) in [6.45, 7) is -0.394. The van der Waals surface area contributed by atoms with E-state index in [4.69, 9.17) is 4.74 Å². The number of hydrogen-bond acceptors (Lipinski definition) is 5. The van der Waals surface area contributed by atoms with Crippen LogP contribution in [0.15, 0.2) is 88.7 Å². The van der Waals surface area contributed by atoms with Gasteiger partial charge in [-0.1, -0.05) is 40.1 Å². The van der Waals surface area contributed by atoms with Crippen LogP contribution < -0.4 is 4.74 Å². The van der Waals surface area contributed by atoms with Gasteiger partial charge in [0.2, 0.25) is 0 Å². The zero-order valence-corrected chi connectivity index (χ0v) is 19.2. The van der Waals surface area contributed by atoms with Crippen molar-refractivity contribution in [2.75, 3.05) is 7.11 Å². The van der Waals surface area contributed by atoms with Crippen molar-refractivity contribution in [1.29, 1.82) is 0 Å². The summed E-state index contributed by atoms with van der Waals surface area (Å²) in [7, 11) is -7.26. The predicted octanol–water partition coefficient (Wildman–Crippen LogP) is 3.88. The molecule has 152 valence electrons. The number of hydrogen-bond donors (Lipinski definition) is 0. The van der Waals surface area contributed by atoms with Gasteiger partial charge in [0.1, 0.15) is 5.75 Å². The molecular formula is C20H18INO5S2. The van der Waals surface area contributed by atoms with Crippen molar-refractivity contribution < 1.29 is 21.6 Å². The van der Waals surface area contributed by atoms with Crippen LogP contribution in [0.5, 0.6) is 5.75 Å². The minimum atomic E-state index is -4.36. The summed E-state index contributed by atoms with van der Waals surface area (Å²) < 4.78 is 60.1. The fourth-order valence-electron chi connectivity index (χ4n) is 2.73. The van der Waals surface area contributed by atoms with Crippen LogP contribution in [0.4, 0.5) is 0 Å². The molecule has 0 bridgehead atoms. The standard InChI is InChI=1S/C20H18INO5S2/c1-27-20-13-12-17(21)14-16(20)15-22(28(23,24)18-8-4-2-5-9-18)29(25,26)19-10-6-3-7-11-19/h2-14H,15H2,1H3. The van der Waals surface area contributed by atoms with E-state index >= 15 is 0 Å². The van der Waals surface area contributed by atoms with Gasteiger partial charge in [-0.25, -0.2) is 16.8 Å². The van der Waals surface area contributed by atoms with Crippen LogP contribution in [0, 0.1) is 3.57 Å². The average Bonchev–Trinajstić information content (AvgIpc) is 2.73. The smallest absolute Gasteiger partial charge is 0.256 e. The van der Waals surface area contributed by atoms with E-state index in [-0.39, 0.29) is 9.79 Å². The molecule has 0 saturated carbocycles. The molecule has 9 heteroatoms. The SMILES string of the molecule is COc1ccc(I)cc1CN(S(=O)(=O)c1ccccc1)S(=O)(=O)c1ccccc1. The average molecular weight is 543 g/mol. The van der Waals surface area contributed by atoms with Crippen LogP contribution in [0.3, 0.4) is 0 Å². The number of rotatable bonds is 7. The van der Waals surface area contributed by atoms with E-state index in [1.54, 1.807) is 54.6 Å². The molecule has 0 fully saturated rings. The lowest BCUT2D eigenvalue weighted by Gasteiger charge is -2.23. The summed E-state index contributed by atoms with van der Waals surface area (Å²) >= 11 is 2.08. The Labute approximate surface area is 184 Å². The molecule has 29 heavy (non-hydrogen) atoms. The fourth-order valence-corrected chi connectivity index (χ4v) is 6.93. The molecule has 3 aromatic carbocycles. The zero-order chi connectivity index (χ0) is 21.1. The molecule has 0 amide bonds. The molecule has 0 aromatic heterocycles. The Morgan fingerprint density at radius 2 is 1.28 bits per heavy atom. The summed E-state index contributed by atoms with van der Waals surface area (Å²) in [5.74, 6) is 0.405. The Morgan fingerprint density at radius 3 is 1.72 bits per heavy atom. The molecule has 0 saturated heterocycles. The van der Waals surface area contributed by atoms with E-state index in [1.807, 2.05) is 0 Å². The van der Waals surface area contributed by atoms with Crippen LogP contribution in [0.2, 0.25) is 0 Å². The Kier molecular flexibility index (Phi) is 6.62. The highest BCUT2D eigenvalue weighted by atomic mass is 127. The maximum atomic E-state index is 13.3. The van der Waals surface area contributed by atoms with E-state index in [9.17, 15) is 16.8 Å². The highest BCUT2D eigenvalue weighted by Crippen LogP contribution is 2.30. The second-order valence-corrected chi connectivity index (χ2v) is 11.2. The predicted molar refractivity (Wildman–Crippen MR) is 119 cm³/mol. The molecule has 0 aliphatic carbocycles. The molecule has 0 N–H and O–H groups in total. The van der Waals surface area contributed by atoms with Crippen LogP contribution in [0.25, 0.3) is 0 Å². The first-order valence-corrected chi connectivity index (χ1v) is 12.4. The first kappa shape index (κ1) is 21.8. The fraction of sp³-hybridized carbons (Fsp3) is 0.100. The van der Waals surface area contributed by atoms with Crippen molar-refractivity contribution in [3.8, 4) is 5.75 Å². The number of methoxy groups -OCH3 is 1. The van der Waals surface area contributed by atoms with Crippen LogP contribution in [-0.2, 0) is 26.6 Å². The van der Waals surface area contributed by atoms with Gasteiger partial charge in [-0.2, -0.15) is 0 Å². The van der Waals surface area contributed by atoms with Gasteiger partial charge in [-0.15, -0.1) is 0 Å². The van der Waals surface area contributed by atoms with Crippen molar-refractivity contribution in [1.82, 2.24) is 3.71 Å². The van der Waals surface area contributed by atoms with Gasteiger partial charge < -0.3 is 4.74 Å². The summed E-state index contributed by atoms with van der Waals surface area (Å²) in [5, 5.41) is 0. The lowest BCUT2D eigenvalue weighted by molar-refractivity contribution is 0.404. The first-order chi connectivity index (χ1) is 13.8. The maximum Gasteiger partial charge on any atom is 0.256 e. The molecule has 0 radical (unpaired) electrons. The zero-order valence-electron chi connectivity index (χ0n) is 15.4. The summed E-state index contributed by atoms with van der Waals surface area (Å²) in [6.07, 6.45) is 0. The van der Waals surface area contributed by atoms with Crippen LogP contribution in [0.1, 0.15) is 5.56 Å². The normalized spacial score (nSPS) is 12.1. The van der Waals surface area contributed by atoms with Gasteiger partial charge in [-0.05, 0) is 65.1 Å². The van der Waals surface area contributed by atoms with Crippen molar-refractivity contribution in [2.45, 2.75) is 16.3 Å². The third-order valence-electron chi connectivity index (χ3n) is 4.16. The number of benzene rings is 3. The van der Waals surface area contributed by atoms with E-state index in [1.165, 1.54) is 31.4 Å². The van der Waals surface area contributed by atoms with Gasteiger partial charge in [-0.3, -0.25) is 0 Å². The highest BCUT2D eigenvalue weighted by molar-refractivity contribution is 14.1. The number of halogens is 1. The van der Waals surface area contributed by atoms with Crippen LogP contribution >= 0.6 is 22.6 Å². The van der Waals surface area contributed by atoms with Gasteiger partial charge in [0, 0.05) is 9.13 Å². The molecule has 3 rings (SSSR count). The Bertz CT molecular complexity index is 1130. The third kappa shape index (κ3) is 4.63. The lowest BCUT2D eigenvalue weighted by atomic mass is 10.2. The van der Waals surface area contributed by atoms with Gasteiger partial charge >= 0.3 is 0 Å².